The van der Waals surface area contributed by atoms with Gasteiger partial charge in [-0.3, -0.25) is 15.1 Å². The van der Waals surface area contributed by atoms with Crippen LogP contribution in [0.2, 0.25) is 5.02 Å². The van der Waals surface area contributed by atoms with E-state index in [0.717, 1.165) is 41.7 Å². The Balaban J connectivity index is 1.52. The first kappa shape index (κ1) is 23.5. The predicted octanol–water partition coefficient (Wildman–Crippen LogP) is 6.08. The van der Waals surface area contributed by atoms with Crippen LogP contribution in [0.5, 0.6) is 0 Å². The van der Waals surface area contributed by atoms with Crippen LogP contribution in [0.4, 0.5) is 13.2 Å². The Morgan fingerprint density at radius 2 is 1.91 bits per heavy atom. The molecule has 0 saturated heterocycles. The number of amides is 1. The summed E-state index contributed by atoms with van der Waals surface area (Å²) in [5.41, 5.74) is 2.82. The Morgan fingerprint density at radius 1 is 1.15 bits per heavy atom. The molecule has 0 radical (unpaired) electrons. The van der Waals surface area contributed by atoms with Gasteiger partial charge < -0.3 is 0 Å². The molecule has 1 N–H and O–H groups in total. The lowest BCUT2D eigenvalue weighted by atomic mass is 9.93. The molecular weight excluding hydrogens is 465 g/mol. The number of benzene rings is 2. The van der Waals surface area contributed by atoms with Crippen molar-refractivity contribution in [2.75, 3.05) is 7.05 Å². The van der Waals surface area contributed by atoms with E-state index in [1.807, 2.05) is 24.3 Å². The SMILES string of the molecule is CN=C(NC(=O)c1cccc(C(F)(F)F)c1)n1ccc(C2=CCCC(c3ccc(Cl)cc3)=C2)n1. The van der Waals surface area contributed by atoms with Crippen LogP contribution >= 0.6 is 11.6 Å². The third-order valence-corrected chi connectivity index (χ3v) is 5.57. The van der Waals surface area contributed by atoms with Gasteiger partial charge in [0, 0.05) is 23.8 Å². The maximum Gasteiger partial charge on any atom is 0.416 e. The third-order valence-electron chi connectivity index (χ3n) is 5.31. The number of rotatable bonds is 3. The molecule has 9 heteroatoms. The van der Waals surface area contributed by atoms with Crippen LogP contribution in [0.1, 0.15) is 40.0 Å². The summed E-state index contributed by atoms with van der Waals surface area (Å²) < 4.78 is 40.3. The van der Waals surface area contributed by atoms with Crippen molar-refractivity contribution in [1.29, 1.82) is 0 Å². The highest BCUT2D eigenvalue weighted by Crippen LogP contribution is 2.31. The molecule has 2 aromatic carbocycles. The fourth-order valence-electron chi connectivity index (χ4n) is 3.59. The largest absolute Gasteiger partial charge is 0.416 e. The quantitative estimate of drug-likeness (QED) is 0.362. The Kier molecular flexibility index (Phi) is 6.70. The van der Waals surface area contributed by atoms with E-state index in [2.05, 4.69) is 27.6 Å². The van der Waals surface area contributed by atoms with Crippen molar-refractivity contribution in [3.8, 4) is 0 Å². The fourth-order valence-corrected chi connectivity index (χ4v) is 3.72. The van der Waals surface area contributed by atoms with E-state index in [-0.39, 0.29) is 11.5 Å². The fraction of sp³-hybridized carbons (Fsp3) is 0.160. The molecule has 5 nitrogen and oxygen atoms in total. The molecule has 3 aromatic rings. The lowest BCUT2D eigenvalue weighted by molar-refractivity contribution is -0.137. The second kappa shape index (κ2) is 9.69. The van der Waals surface area contributed by atoms with E-state index >= 15 is 0 Å². The van der Waals surface area contributed by atoms with Crippen LogP contribution in [0.15, 0.2) is 77.9 Å². The molecule has 0 atom stereocenters. The number of aromatic nitrogens is 2. The smallest absolute Gasteiger partial charge is 0.291 e. The number of carbonyl (C=O) groups excluding carboxylic acids is 1. The average Bonchev–Trinajstić information content (AvgIpc) is 3.33. The Hall–Kier alpha value is -3.65. The van der Waals surface area contributed by atoms with Gasteiger partial charge in [0.05, 0.1) is 11.3 Å². The summed E-state index contributed by atoms with van der Waals surface area (Å²) >= 11 is 5.99. The molecule has 34 heavy (non-hydrogen) atoms. The van der Waals surface area contributed by atoms with Gasteiger partial charge in [-0.25, -0.2) is 4.68 Å². The standard InChI is InChI=1S/C25H20ClF3N4O/c1-30-24(31-23(34)19-6-3-7-20(15-19)25(27,28)29)33-13-12-22(32-33)18-5-2-4-17(14-18)16-8-10-21(26)11-9-16/h3,5-15H,2,4H2,1H3,(H,30,31,34). The van der Waals surface area contributed by atoms with Crippen LogP contribution in [0.3, 0.4) is 0 Å². The van der Waals surface area contributed by atoms with E-state index < -0.39 is 17.6 Å². The summed E-state index contributed by atoms with van der Waals surface area (Å²) in [6.45, 7) is 0. The van der Waals surface area contributed by atoms with Gasteiger partial charge in [0.2, 0.25) is 5.96 Å². The van der Waals surface area contributed by atoms with Crippen molar-refractivity contribution >= 4 is 34.6 Å². The van der Waals surface area contributed by atoms with E-state index in [9.17, 15) is 18.0 Å². The van der Waals surface area contributed by atoms with Crippen molar-refractivity contribution in [3.63, 3.8) is 0 Å². The summed E-state index contributed by atoms with van der Waals surface area (Å²) in [7, 11) is 1.46. The maximum atomic E-state index is 13.0. The Bertz CT molecular complexity index is 1300. The number of allylic oxidation sites excluding steroid dienone is 4. The minimum Gasteiger partial charge on any atom is -0.291 e. The number of nitrogens with one attached hydrogen (secondary N) is 1. The van der Waals surface area contributed by atoms with Gasteiger partial charge >= 0.3 is 6.18 Å². The van der Waals surface area contributed by atoms with Gasteiger partial charge in [0.25, 0.3) is 5.91 Å². The molecule has 4 rings (SSSR count). The van der Waals surface area contributed by atoms with Crippen LogP contribution in [0.25, 0.3) is 11.1 Å². The lowest BCUT2D eigenvalue weighted by Gasteiger charge is -2.13. The first-order valence-corrected chi connectivity index (χ1v) is 10.8. The number of aliphatic imine (C=N–C) groups is 1. The summed E-state index contributed by atoms with van der Waals surface area (Å²) in [6.07, 6.45) is 2.97. The zero-order valence-corrected chi connectivity index (χ0v) is 18.9. The molecule has 1 aromatic heterocycles. The molecule has 0 unspecified atom stereocenters. The molecule has 1 heterocycles. The molecule has 174 valence electrons. The number of nitrogens with zero attached hydrogens (tertiary/aromatic N) is 3. The molecule has 0 saturated carbocycles. The summed E-state index contributed by atoms with van der Waals surface area (Å²) in [4.78, 5) is 16.6. The van der Waals surface area contributed by atoms with Gasteiger partial charge in [-0.2, -0.15) is 18.3 Å². The van der Waals surface area contributed by atoms with Gasteiger partial charge in [0.15, 0.2) is 0 Å². The van der Waals surface area contributed by atoms with Crippen LogP contribution in [0, 0.1) is 0 Å². The highest BCUT2D eigenvalue weighted by atomic mass is 35.5. The van der Waals surface area contributed by atoms with Gasteiger partial charge in [-0.15, -0.1) is 0 Å². The van der Waals surface area contributed by atoms with E-state index in [4.69, 9.17) is 11.6 Å². The number of hydrogen-bond acceptors (Lipinski definition) is 3. The molecule has 0 spiro atoms. The normalized spacial score (nSPS) is 14.4. The second-order valence-electron chi connectivity index (χ2n) is 7.60. The van der Waals surface area contributed by atoms with E-state index in [1.54, 1.807) is 12.3 Å². The van der Waals surface area contributed by atoms with Crippen molar-refractivity contribution in [1.82, 2.24) is 15.1 Å². The van der Waals surface area contributed by atoms with Gasteiger partial charge in [-0.1, -0.05) is 35.9 Å². The second-order valence-corrected chi connectivity index (χ2v) is 8.04. The van der Waals surface area contributed by atoms with E-state index in [0.29, 0.717) is 10.7 Å². The first-order valence-electron chi connectivity index (χ1n) is 10.4. The Morgan fingerprint density at radius 3 is 2.62 bits per heavy atom. The number of halogens is 4. The third kappa shape index (κ3) is 5.28. The van der Waals surface area contributed by atoms with Crippen molar-refractivity contribution in [2.45, 2.75) is 19.0 Å². The monoisotopic (exact) mass is 484 g/mol. The van der Waals surface area contributed by atoms with E-state index in [1.165, 1.54) is 23.9 Å². The lowest BCUT2D eigenvalue weighted by Crippen LogP contribution is -2.36. The van der Waals surface area contributed by atoms with Crippen molar-refractivity contribution in [3.05, 3.63) is 100 Å². The topological polar surface area (TPSA) is 59.3 Å². The molecule has 1 aliphatic rings. The number of carbonyl (C=O) groups is 1. The van der Waals surface area contributed by atoms with Gasteiger partial charge in [-0.05, 0) is 72.0 Å². The molecule has 0 aliphatic heterocycles. The minimum atomic E-state index is -4.54. The number of hydrogen-bond donors (Lipinski definition) is 1. The van der Waals surface area contributed by atoms with Crippen LogP contribution in [-0.2, 0) is 6.18 Å². The van der Waals surface area contributed by atoms with Gasteiger partial charge in [0.1, 0.15) is 0 Å². The first-order chi connectivity index (χ1) is 16.2. The molecule has 0 bridgehead atoms. The predicted molar refractivity (Wildman–Crippen MR) is 127 cm³/mol. The Labute approximate surface area is 199 Å². The molecule has 0 fully saturated rings. The summed E-state index contributed by atoms with van der Waals surface area (Å²) in [6, 6.07) is 13.6. The summed E-state index contributed by atoms with van der Waals surface area (Å²) in [5.74, 6) is -0.627. The number of alkyl halides is 3. The van der Waals surface area contributed by atoms with Crippen LogP contribution < -0.4 is 5.32 Å². The zero-order valence-electron chi connectivity index (χ0n) is 18.1. The minimum absolute atomic E-state index is 0.0898. The van der Waals surface area contributed by atoms with Crippen LogP contribution in [-0.4, -0.2) is 28.7 Å². The average molecular weight is 485 g/mol. The summed E-state index contributed by atoms with van der Waals surface area (Å²) in [5, 5.41) is 7.71. The maximum absolute atomic E-state index is 13.0. The van der Waals surface area contributed by atoms with Crippen molar-refractivity contribution < 1.29 is 18.0 Å². The van der Waals surface area contributed by atoms with Crippen molar-refractivity contribution in [2.24, 2.45) is 4.99 Å². The zero-order chi connectivity index (χ0) is 24.3. The highest BCUT2D eigenvalue weighted by molar-refractivity contribution is 6.30. The molecule has 1 amide bonds. The molecular formula is C25H20ClF3N4O. The molecule has 1 aliphatic carbocycles. The highest BCUT2D eigenvalue weighted by Gasteiger charge is 2.31.